The zero-order valence-electron chi connectivity index (χ0n) is 12.6. The van der Waals surface area contributed by atoms with E-state index < -0.39 is 0 Å². The summed E-state index contributed by atoms with van der Waals surface area (Å²) in [6.07, 6.45) is 3.57. The Morgan fingerprint density at radius 1 is 1.35 bits per heavy atom. The van der Waals surface area contributed by atoms with Crippen molar-refractivity contribution in [3.05, 3.63) is 40.8 Å². The molecule has 0 aliphatic carbocycles. The standard InChI is InChI=1S/C16H18N4O2S/c21-15(19-7-11-3-1-6-23-11)13-10-22-14-9-20(8-12(13)14)16-17-4-2-5-18-16/h1-6,12-14H,7-10H2,(H,19,21)/t12-,13-,14-/m1/s1. The van der Waals surface area contributed by atoms with Gasteiger partial charge in [0.15, 0.2) is 0 Å². The van der Waals surface area contributed by atoms with Gasteiger partial charge in [-0.2, -0.15) is 0 Å². The molecule has 7 heteroatoms. The minimum atomic E-state index is -0.0892. The molecule has 0 bridgehead atoms. The molecule has 1 amide bonds. The van der Waals surface area contributed by atoms with Crippen molar-refractivity contribution in [1.29, 1.82) is 0 Å². The molecule has 2 saturated heterocycles. The normalized spacial score (nSPS) is 26.3. The average molecular weight is 330 g/mol. The van der Waals surface area contributed by atoms with Crippen molar-refractivity contribution in [2.75, 3.05) is 24.6 Å². The maximum Gasteiger partial charge on any atom is 0.226 e. The van der Waals surface area contributed by atoms with E-state index in [0.29, 0.717) is 19.1 Å². The Balaban J connectivity index is 1.38. The molecule has 4 rings (SSSR count). The molecule has 2 aromatic heterocycles. The van der Waals surface area contributed by atoms with Gasteiger partial charge in [-0.15, -0.1) is 11.3 Å². The lowest BCUT2D eigenvalue weighted by molar-refractivity contribution is -0.126. The molecule has 23 heavy (non-hydrogen) atoms. The number of carbonyl (C=O) groups is 1. The predicted molar refractivity (Wildman–Crippen MR) is 87.1 cm³/mol. The molecular formula is C16H18N4O2S. The highest BCUT2D eigenvalue weighted by Gasteiger charge is 2.47. The van der Waals surface area contributed by atoms with Crippen LogP contribution >= 0.6 is 11.3 Å². The summed E-state index contributed by atoms with van der Waals surface area (Å²) in [6, 6.07) is 5.83. The van der Waals surface area contributed by atoms with Gasteiger partial charge in [0.05, 0.1) is 25.2 Å². The van der Waals surface area contributed by atoms with Crippen LogP contribution in [0.25, 0.3) is 0 Å². The lowest BCUT2D eigenvalue weighted by Crippen LogP contribution is -2.36. The van der Waals surface area contributed by atoms with Gasteiger partial charge in [0.1, 0.15) is 0 Å². The Kier molecular flexibility index (Phi) is 3.97. The first-order valence-electron chi connectivity index (χ1n) is 7.75. The van der Waals surface area contributed by atoms with Gasteiger partial charge in [0.25, 0.3) is 0 Å². The fourth-order valence-corrected chi connectivity index (χ4v) is 3.96. The zero-order chi connectivity index (χ0) is 15.6. The number of anilines is 1. The van der Waals surface area contributed by atoms with E-state index in [0.717, 1.165) is 13.1 Å². The Morgan fingerprint density at radius 2 is 2.22 bits per heavy atom. The minimum absolute atomic E-state index is 0.0849. The largest absolute Gasteiger partial charge is 0.375 e. The summed E-state index contributed by atoms with van der Waals surface area (Å²) in [5.74, 6) is 0.917. The number of aromatic nitrogens is 2. The van der Waals surface area contributed by atoms with Crippen molar-refractivity contribution < 1.29 is 9.53 Å². The van der Waals surface area contributed by atoms with Crippen LogP contribution in [-0.4, -0.2) is 41.7 Å². The monoisotopic (exact) mass is 330 g/mol. The highest BCUT2D eigenvalue weighted by Crippen LogP contribution is 2.35. The molecule has 2 aromatic rings. The lowest BCUT2D eigenvalue weighted by atomic mass is 9.92. The van der Waals surface area contributed by atoms with Crippen molar-refractivity contribution in [3.8, 4) is 0 Å². The van der Waals surface area contributed by atoms with Gasteiger partial charge >= 0.3 is 0 Å². The first-order valence-corrected chi connectivity index (χ1v) is 8.63. The first kappa shape index (κ1) is 14.6. The van der Waals surface area contributed by atoms with E-state index >= 15 is 0 Å². The number of nitrogens with zero attached hydrogens (tertiary/aromatic N) is 3. The summed E-state index contributed by atoms with van der Waals surface area (Å²) in [5, 5.41) is 5.05. The fraction of sp³-hybridized carbons (Fsp3) is 0.438. The molecule has 120 valence electrons. The summed E-state index contributed by atoms with van der Waals surface area (Å²) in [6.45, 7) is 2.63. The van der Waals surface area contributed by atoms with Crippen LogP contribution in [0.1, 0.15) is 4.88 Å². The molecule has 0 aromatic carbocycles. The third-order valence-electron chi connectivity index (χ3n) is 4.50. The van der Waals surface area contributed by atoms with E-state index in [2.05, 4.69) is 20.2 Å². The van der Waals surface area contributed by atoms with Crippen LogP contribution < -0.4 is 10.2 Å². The van der Waals surface area contributed by atoms with Crippen LogP contribution in [0.2, 0.25) is 0 Å². The maximum atomic E-state index is 12.5. The summed E-state index contributed by atoms with van der Waals surface area (Å²) in [4.78, 5) is 24.3. The van der Waals surface area contributed by atoms with Crippen molar-refractivity contribution in [1.82, 2.24) is 15.3 Å². The topological polar surface area (TPSA) is 67.3 Å². The highest BCUT2D eigenvalue weighted by atomic mass is 32.1. The Morgan fingerprint density at radius 3 is 3.00 bits per heavy atom. The summed E-state index contributed by atoms with van der Waals surface area (Å²) < 4.78 is 5.84. The zero-order valence-corrected chi connectivity index (χ0v) is 13.4. The third-order valence-corrected chi connectivity index (χ3v) is 5.38. The Hall–Kier alpha value is -1.99. The average Bonchev–Trinajstić information content (AvgIpc) is 3.30. The number of ether oxygens (including phenoxy) is 1. The van der Waals surface area contributed by atoms with E-state index in [1.54, 1.807) is 29.8 Å². The molecule has 0 radical (unpaired) electrons. The molecule has 0 saturated carbocycles. The SMILES string of the molecule is O=C(NCc1cccs1)[C@@H]1CO[C@@H]2CN(c3ncccn3)C[C@@H]21. The quantitative estimate of drug-likeness (QED) is 0.915. The van der Waals surface area contributed by atoms with E-state index in [1.807, 2.05) is 17.5 Å². The minimum Gasteiger partial charge on any atom is -0.375 e. The van der Waals surface area contributed by atoms with Gasteiger partial charge in [0, 0.05) is 36.3 Å². The smallest absolute Gasteiger partial charge is 0.226 e. The number of fused-ring (bicyclic) bond motifs is 1. The fourth-order valence-electron chi connectivity index (χ4n) is 3.32. The van der Waals surface area contributed by atoms with Crippen molar-refractivity contribution >= 4 is 23.2 Å². The van der Waals surface area contributed by atoms with Crippen LogP contribution in [0.4, 0.5) is 5.95 Å². The summed E-state index contributed by atoms with van der Waals surface area (Å²) in [7, 11) is 0. The molecule has 2 fully saturated rings. The predicted octanol–water partition coefficient (Wildman–Crippen LogP) is 1.31. The van der Waals surface area contributed by atoms with Gasteiger partial charge < -0.3 is 15.0 Å². The number of hydrogen-bond donors (Lipinski definition) is 1. The summed E-state index contributed by atoms with van der Waals surface area (Å²) in [5.41, 5.74) is 0. The highest BCUT2D eigenvalue weighted by molar-refractivity contribution is 7.09. The first-order chi connectivity index (χ1) is 11.3. The number of hydrogen-bond acceptors (Lipinski definition) is 6. The molecule has 2 aliphatic rings. The number of carbonyl (C=O) groups excluding carboxylic acids is 1. The van der Waals surface area contributed by atoms with Gasteiger partial charge in [-0.25, -0.2) is 9.97 Å². The van der Waals surface area contributed by atoms with E-state index in [-0.39, 0.29) is 23.8 Å². The molecule has 0 unspecified atom stereocenters. The molecule has 0 spiro atoms. The van der Waals surface area contributed by atoms with Crippen molar-refractivity contribution in [2.24, 2.45) is 11.8 Å². The lowest BCUT2D eigenvalue weighted by Gasteiger charge is -2.19. The number of thiophene rings is 1. The van der Waals surface area contributed by atoms with Gasteiger partial charge in [-0.05, 0) is 17.5 Å². The van der Waals surface area contributed by atoms with Crippen LogP contribution in [0, 0.1) is 11.8 Å². The Labute approximate surface area is 138 Å². The number of rotatable bonds is 4. The Bertz CT molecular complexity index is 664. The third kappa shape index (κ3) is 2.94. The van der Waals surface area contributed by atoms with Crippen LogP contribution in [0.5, 0.6) is 0 Å². The van der Waals surface area contributed by atoms with Gasteiger partial charge in [0.2, 0.25) is 11.9 Å². The second-order valence-corrected chi connectivity index (χ2v) is 6.93. The molecule has 3 atom stereocenters. The summed E-state index contributed by atoms with van der Waals surface area (Å²) >= 11 is 1.65. The number of amides is 1. The van der Waals surface area contributed by atoms with Crippen LogP contribution in [-0.2, 0) is 16.1 Å². The van der Waals surface area contributed by atoms with Crippen molar-refractivity contribution in [2.45, 2.75) is 12.6 Å². The second kappa shape index (κ2) is 6.25. The van der Waals surface area contributed by atoms with E-state index in [4.69, 9.17) is 4.74 Å². The number of nitrogens with one attached hydrogen (secondary N) is 1. The van der Waals surface area contributed by atoms with Crippen LogP contribution in [0.3, 0.4) is 0 Å². The maximum absolute atomic E-state index is 12.5. The van der Waals surface area contributed by atoms with Crippen LogP contribution in [0.15, 0.2) is 36.0 Å². The van der Waals surface area contributed by atoms with E-state index in [9.17, 15) is 4.79 Å². The molecule has 6 nitrogen and oxygen atoms in total. The molecule has 1 N–H and O–H groups in total. The van der Waals surface area contributed by atoms with Gasteiger partial charge in [-0.1, -0.05) is 6.07 Å². The molecule has 4 heterocycles. The molecule has 2 aliphatic heterocycles. The van der Waals surface area contributed by atoms with Crippen molar-refractivity contribution in [3.63, 3.8) is 0 Å². The molecular weight excluding hydrogens is 312 g/mol. The van der Waals surface area contributed by atoms with Gasteiger partial charge in [-0.3, -0.25) is 4.79 Å². The second-order valence-electron chi connectivity index (χ2n) is 5.89. The van der Waals surface area contributed by atoms with E-state index in [1.165, 1.54) is 4.88 Å².